The number of aromatic hydroxyl groups is 1. The number of phenolic OH excluding ortho intramolecular Hbond substituents is 1. The van der Waals surface area contributed by atoms with Crippen molar-refractivity contribution in [3.05, 3.63) is 29.3 Å². The van der Waals surface area contributed by atoms with Gasteiger partial charge in [-0.3, -0.25) is 0 Å². The first kappa shape index (κ1) is 10.2. The molecular weight excluding hydrogens is 198 g/mol. The average molecular weight is 217 g/mol. The van der Waals surface area contributed by atoms with Crippen molar-refractivity contribution in [3.8, 4) is 5.75 Å². The molecule has 2 aliphatic rings. The Bertz CT molecular complexity index is 415. The Kier molecular flexibility index (Phi) is 2.21. The van der Waals surface area contributed by atoms with Gasteiger partial charge >= 0.3 is 0 Å². The summed E-state index contributed by atoms with van der Waals surface area (Å²) in [5, 5.41) is 13.2. The average Bonchev–Trinajstić information content (AvgIpc) is 2.64. The van der Waals surface area contributed by atoms with Crippen molar-refractivity contribution in [3.63, 3.8) is 0 Å². The van der Waals surface area contributed by atoms with E-state index in [-0.39, 0.29) is 5.54 Å². The van der Waals surface area contributed by atoms with Crippen molar-refractivity contribution in [1.82, 2.24) is 5.32 Å². The minimum Gasteiger partial charge on any atom is -0.508 e. The van der Waals surface area contributed by atoms with E-state index in [1.54, 1.807) is 0 Å². The van der Waals surface area contributed by atoms with Gasteiger partial charge in [0.1, 0.15) is 5.75 Å². The third kappa shape index (κ3) is 1.23. The second kappa shape index (κ2) is 3.49. The van der Waals surface area contributed by atoms with E-state index in [9.17, 15) is 5.11 Å². The van der Waals surface area contributed by atoms with Crippen molar-refractivity contribution < 1.29 is 5.11 Å². The number of benzene rings is 1. The molecule has 3 rings (SSSR count). The molecule has 0 heterocycles. The molecule has 0 aliphatic heterocycles. The van der Waals surface area contributed by atoms with E-state index in [1.165, 1.54) is 43.2 Å². The van der Waals surface area contributed by atoms with Gasteiger partial charge in [-0.1, -0.05) is 18.9 Å². The molecule has 0 saturated heterocycles. The first-order valence-corrected chi connectivity index (χ1v) is 6.27. The molecule has 0 unspecified atom stereocenters. The molecular formula is C14H19NO. The first-order valence-electron chi connectivity index (χ1n) is 6.27. The second-order valence-electron chi connectivity index (χ2n) is 5.21. The molecule has 2 nitrogen and oxygen atoms in total. The second-order valence-corrected chi connectivity index (χ2v) is 5.21. The Balaban J connectivity index is 2.12. The lowest BCUT2D eigenvalue weighted by molar-refractivity contribution is 0.171. The lowest BCUT2D eigenvalue weighted by Crippen LogP contribution is -2.46. The van der Waals surface area contributed by atoms with Gasteiger partial charge in [0.25, 0.3) is 0 Å². The van der Waals surface area contributed by atoms with Crippen LogP contribution in [0, 0.1) is 5.92 Å². The standard InChI is InChI=1S/C14H19NO/c1-15-14-7-3-2-4-11(14)8-10-5-6-12(16)9-13(10)14/h5-6,9,11,15-16H,2-4,7-8H2,1H3/t11-,14+/m0/s1. The highest BCUT2D eigenvalue weighted by Gasteiger charge is 2.46. The lowest BCUT2D eigenvalue weighted by Gasteiger charge is -2.40. The summed E-state index contributed by atoms with van der Waals surface area (Å²) in [5.74, 6) is 1.13. The summed E-state index contributed by atoms with van der Waals surface area (Å²) in [4.78, 5) is 0. The van der Waals surface area contributed by atoms with Crippen molar-refractivity contribution in [2.45, 2.75) is 37.6 Å². The minimum atomic E-state index is 0.145. The zero-order valence-corrected chi connectivity index (χ0v) is 9.79. The number of hydrogen-bond acceptors (Lipinski definition) is 2. The predicted molar refractivity (Wildman–Crippen MR) is 64.5 cm³/mol. The largest absolute Gasteiger partial charge is 0.508 e. The van der Waals surface area contributed by atoms with Crippen LogP contribution in [-0.2, 0) is 12.0 Å². The number of phenols is 1. The van der Waals surface area contributed by atoms with E-state index in [2.05, 4.69) is 18.4 Å². The molecule has 2 heteroatoms. The van der Waals surface area contributed by atoms with Crippen molar-refractivity contribution >= 4 is 0 Å². The third-order valence-corrected chi connectivity index (χ3v) is 4.56. The summed E-state index contributed by atoms with van der Waals surface area (Å²) >= 11 is 0. The van der Waals surface area contributed by atoms with Crippen LogP contribution in [0.5, 0.6) is 5.75 Å². The van der Waals surface area contributed by atoms with Crippen LogP contribution in [-0.4, -0.2) is 12.2 Å². The van der Waals surface area contributed by atoms with Gasteiger partial charge in [-0.15, -0.1) is 0 Å². The smallest absolute Gasteiger partial charge is 0.115 e. The predicted octanol–water partition coefficient (Wildman–Crippen LogP) is 2.55. The zero-order valence-electron chi connectivity index (χ0n) is 9.79. The third-order valence-electron chi connectivity index (χ3n) is 4.56. The molecule has 0 bridgehead atoms. The monoisotopic (exact) mass is 217 g/mol. The van der Waals surface area contributed by atoms with Gasteiger partial charge in [-0.2, -0.15) is 0 Å². The molecule has 0 amide bonds. The van der Waals surface area contributed by atoms with Gasteiger partial charge < -0.3 is 10.4 Å². The Morgan fingerprint density at radius 1 is 1.38 bits per heavy atom. The summed E-state index contributed by atoms with van der Waals surface area (Å²) in [6.07, 6.45) is 6.36. The molecule has 2 atom stereocenters. The van der Waals surface area contributed by atoms with Gasteiger partial charge in [-0.25, -0.2) is 0 Å². The molecule has 2 aliphatic carbocycles. The van der Waals surface area contributed by atoms with Crippen LogP contribution < -0.4 is 5.32 Å². The molecule has 1 fully saturated rings. The summed E-state index contributed by atoms with van der Waals surface area (Å²) in [5.41, 5.74) is 2.92. The summed E-state index contributed by atoms with van der Waals surface area (Å²) in [6.45, 7) is 0. The summed E-state index contributed by atoms with van der Waals surface area (Å²) in [7, 11) is 2.07. The summed E-state index contributed by atoms with van der Waals surface area (Å²) in [6, 6.07) is 5.89. The minimum absolute atomic E-state index is 0.145. The van der Waals surface area contributed by atoms with Crippen LogP contribution in [0.4, 0.5) is 0 Å². The highest BCUT2D eigenvalue weighted by molar-refractivity contribution is 5.45. The van der Waals surface area contributed by atoms with Crippen LogP contribution in [0.2, 0.25) is 0 Å². The van der Waals surface area contributed by atoms with Gasteiger partial charge in [0.15, 0.2) is 0 Å². The molecule has 16 heavy (non-hydrogen) atoms. The van der Waals surface area contributed by atoms with Crippen LogP contribution in [0.15, 0.2) is 18.2 Å². The van der Waals surface area contributed by atoms with E-state index < -0.39 is 0 Å². The molecule has 0 radical (unpaired) electrons. The maximum absolute atomic E-state index is 9.67. The van der Waals surface area contributed by atoms with Crippen molar-refractivity contribution in [1.29, 1.82) is 0 Å². The molecule has 1 aromatic rings. The van der Waals surface area contributed by atoms with Crippen LogP contribution >= 0.6 is 0 Å². The Labute approximate surface area is 96.7 Å². The lowest BCUT2D eigenvalue weighted by atomic mass is 9.73. The van der Waals surface area contributed by atoms with E-state index in [4.69, 9.17) is 0 Å². The fourth-order valence-corrected chi connectivity index (χ4v) is 3.76. The fraction of sp³-hybridized carbons (Fsp3) is 0.571. The number of nitrogens with one attached hydrogen (secondary N) is 1. The number of fused-ring (bicyclic) bond motifs is 3. The van der Waals surface area contributed by atoms with Gasteiger partial charge in [0.05, 0.1) is 0 Å². The van der Waals surface area contributed by atoms with E-state index in [0.29, 0.717) is 5.75 Å². The molecule has 86 valence electrons. The zero-order chi connectivity index (χ0) is 11.2. The van der Waals surface area contributed by atoms with Crippen LogP contribution in [0.1, 0.15) is 36.8 Å². The number of rotatable bonds is 1. The first-order chi connectivity index (χ1) is 7.76. The van der Waals surface area contributed by atoms with E-state index in [1.807, 2.05) is 12.1 Å². The van der Waals surface area contributed by atoms with Gasteiger partial charge in [0.2, 0.25) is 0 Å². The summed E-state index contributed by atoms with van der Waals surface area (Å²) < 4.78 is 0. The maximum Gasteiger partial charge on any atom is 0.115 e. The molecule has 1 saturated carbocycles. The highest BCUT2D eigenvalue weighted by atomic mass is 16.3. The topological polar surface area (TPSA) is 32.3 Å². The quantitative estimate of drug-likeness (QED) is 0.757. The maximum atomic E-state index is 9.67. The van der Waals surface area contributed by atoms with Crippen LogP contribution in [0.25, 0.3) is 0 Å². The Morgan fingerprint density at radius 2 is 2.25 bits per heavy atom. The molecule has 0 aromatic heterocycles. The van der Waals surface area contributed by atoms with Crippen molar-refractivity contribution in [2.24, 2.45) is 5.92 Å². The molecule has 2 N–H and O–H groups in total. The Hall–Kier alpha value is -1.02. The number of hydrogen-bond donors (Lipinski definition) is 2. The highest BCUT2D eigenvalue weighted by Crippen LogP contribution is 2.50. The van der Waals surface area contributed by atoms with Crippen molar-refractivity contribution in [2.75, 3.05) is 7.05 Å². The molecule has 0 spiro atoms. The van der Waals surface area contributed by atoms with E-state index >= 15 is 0 Å². The SMILES string of the molecule is CN[C@]12CCCC[C@H]1Cc1ccc(O)cc12. The van der Waals surface area contributed by atoms with Crippen LogP contribution in [0.3, 0.4) is 0 Å². The van der Waals surface area contributed by atoms with Gasteiger partial charge in [-0.05, 0) is 55.5 Å². The Morgan fingerprint density at radius 3 is 3.06 bits per heavy atom. The normalized spacial score (nSPS) is 32.2. The fourth-order valence-electron chi connectivity index (χ4n) is 3.76. The van der Waals surface area contributed by atoms with Gasteiger partial charge in [0, 0.05) is 5.54 Å². The van der Waals surface area contributed by atoms with E-state index in [0.717, 1.165) is 5.92 Å². The molecule has 1 aromatic carbocycles.